The Morgan fingerprint density at radius 3 is 2.60 bits per heavy atom. The minimum atomic E-state index is -0.267. The first-order chi connectivity index (χ1) is 16.9. The van der Waals surface area contributed by atoms with Gasteiger partial charge in [-0.05, 0) is 55.3 Å². The Labute approximate surface area is 208 Å². The molecule has 9 nitrogen and oxygen atoms in total. The number of methoxy groups -OCH3 is 2. The van der Waals surface area contributed by atoms with Crippen molar-refractivity contribution < 1.29 is 19.1 Å². The summed E-state index contributed by atoms with van der Waals surface area (Å²) in [6, 6.07) is 13.0. The van der Waals surface area contributed by atoms with Gasteiger partial charge < -0.3 is 24.7 Å². The number of rotatable bonds is 11. The molecule has 0 aliphatic heterocycles. The highest BCUT2D eigenvalue weighted by Crippen LogP contribution is 2.28. The first kappa shape index (κ1) is 25.8. The van der Waals surface area contributed by atoms with Crippen molar-refractivity contribution in [1.29, 1.82) is 0 Å². The van der Waals surface area contributed by atoms with Gasteiger partial charge >= 0.3 is 0 Å². The summed E-state index contributed by atoms with van der Waals surface area (Å²) in [6.45, 7) is 4.76. The van der Waals surface area contributed by atoms with Crippen LogP contribution in [0.4, 0.5) is 5.69 Å². The Morgan fingerprint density at radius 1 is 1.09 bits per heavy atom. The van der Waals surface area contributed by atoms with Crippen molar-refractivity contribution in [3.63, 3.8) is 0 Å². The molecule has 1 aromatic heterocycles. The van der Waals surface area contributed by atoms with Crippen molar-refractivity contribution in [3.8, 4) is 11.5 Å². The second-order valence-corrected chi connectivity index (χ2v) is 8.46. The van der Waals surface area contributed by atoms with Crippen molar-refractivity contribution in [2.75, 3.05) is 25.3 Å². The van der Waals surface area contributed by atoms with Gasteiger partial charge in [0.1, 0.15) is 0 Å². The van der Waals surface area contributed by atoms with Crippen molar-refractivity contribution >= 4 is 35.3 Å². The van der Waals surface area contributed by atoms with E-state index >= 15 is 0 Å². The number of aryl methyl sites for hydroxylation is 1. The van der Waals surface area contributed by atoms with Crippen LogP contribution in [0.25, 0.3) is 6.08 Å². The maximum Gasteiger partial charge on any atom is 0.244 e. The SMILES string of the molecule is CCn1c(CNC(=O)/C=C/c2ccc(OC)c(OC)c2)nnc1SCC(=O)Nc1cccc(C)c1. The van der Waals surface area contributed by atoms with E-state index in [9.17, 15) is 9.59 Å². The van der Waals surface area contributed by atoms with Crippen molar-refractivity contribution in [3.05, 3.63) is 65.5 Å². The number of hydrogen-bond donors (Lipinski definition) is 2. The molecule has 0 saturated carbocycles. The lowest BCUT2D eigenvalue weighted by Gasteiger charge is -2.09. The van der Waals surface area contributed by atoms with Gasteiger partial charge in [-0.2, -0.15) is 0 Å². The zero-order chi connectivity index (χ0) is 25.2. The molecule has 0 spiro atoms. The first-order valence-corrected chi connectivity index (χ1v) is 12.0. The van der Waals surface area contributed by atoms with Gasteiger partial charge in [-0.25, -0.2) is 0 Å². The molecule has 0 aliphatic carbocycles. The third-order valence-corrected chi connectivity index (χ3v) is 5.97. The van der Waals surface area contributed by atoms with E-state index in [1.165, 1.54) is 17.8 Å². The summed E-state index contributed by atoms with van der Waals surface area (Å²) in [4.78, 5) is 24.6. The van der Waals surface area contributed by atoms with Gasteiger partial charge in [0.05, 0.1) is 26.5 Å². The number of amides is 2. The Hall–Kier alpha value is -3.79. The highest BCUT2D eigenvalue weighted by atomic mass is 32.2. The zero-order valence-corrected chi connectivity index (χ0v) is 21.0. The van der Waals surface area contributed by atoms with Gasteiger partial charge in [0.25, 0.3) is 0 Å². The standard InChI is InChI=1S/C25H29N5O4S/c1-5-30-22(15-26-23(31)12-10-18-9-11-20(33-3)21(14-18)34-4)28-29-25(30)35-16-24(32)27-19-8-6-7-17(2)13-19/h6-14H,5,15-16H2,1-4H3,(H,26,31)(H,27,32)/b12-10+. The average molecular weight is 496 g/mol. The average Bonchev–Trinajstić information content (AvgIpc) is 3.26. The lowest BCUT2D eigenvalue weighted by molar-refractivity contribution is -0.116. The van der Waals surface area contributed by atoms with Crippen LogP contribution in [0.3, 0.4) is 0 Å². The number of hydrogen-bond acceptors (Lipinski definition) is 7. The number of thioether (sulfide) groups is 1. The monoisotopic (exact) mass is 495 g/mol. The second kappa shape index (κ2) is 12.6. The fraction of sp³-hybridized carbons (Fsp3) is 0.280. The number of nitrogens with zero attached hydrogens (tertiary/aromatic N) is 3. The molecule has 0 aliphatic rings. The zero-order valence-electron chi connectivity index (χ0n) is 20.2. The highest BCUT2D eigenvalue weighted by Gasteiger charge is 2.14. The van der Waals surface area contributed by atoms with E-state index in [2.05, 4.69) is 20.8 Å². The molecule has 3 aromatic rings. The molecule has 2 aromatic carbocycles. The normalized spacial score (nSPS) is 10.9. The quantitative estimate of drug-likeness (QED) is 0.309. The maximum atomic E-state index is 12.3. The summed E-state index contributed by atoms with van der Waals surface area (Å²) in [7, 11) is 3.13. The van der Waals surface area contributed by atoms with E-state index in [1.807, 2.05) is 48.7 Å². The number of nitrogens with one attached hydrogen (secondary N) is 2. The van der Waals surface area contributed by atoms with Crippen LogP contribution >= 0.6 is 11.8 Å². The molecule has 2 amide bonds. The molecule has 0 unspecified atom stereocenters. The molecular formula is C25H29N5O4S. The number of benzene rings is 2. The third kappa shape index (κ3) is 7.35. The fourth-order valence-corrected chi connectivity index (χ4v) is 4.10. The lowest BCUT2D eigenvalue weighted by Crippen LogP contribution is -2.22. The van der Waals surface area contributed by atoms with E-state index in [4.69, 9.17) is 9.47 Å². The van der Waals surface area contributed by atoms with Gasteiger partial charge in [-0.1, -0.05) is 30.0 Å². The molecule has 1 heterocycles. The summed E-state index contributed by atoms with van der Waals surface area (Å²) >= 11 is 1.30. The topological polar surface area (TPSA) is 107 Å². The minimum Gasteiger partial charge on any atom is -0.493 e. The second-order valence-electron chi connectivity index (χ2n) is 7.51. The fourth-order valence-electron chi connectivity index (χ4n) is 3.28. The summed E-state index contributed by atoms with van der Waals surface area (Å²) in [5, 5.41) is 14.7. The van der Waals surface area contributed by atoms with Crippen molar-refractivity contribution in [1.82, 2.24) is 20.1 Å². The molecular weight excluding hydrogens is 466 g/mol. The molecule has 0 saturated heterocycles. The number of carbonyl (C=O) groups is 2. The van der Waals surface area contributed by atoms with Crippen LogP contribution in [0, 0.1) is 6.92 Å². The number of aromatic nitrogens is 3. The van der Waals surface area contributed by atoms with Gasteiger partial charge in [-0.15, -0.1) is 10.2 Å². The molecule has 184 valence electrons. The van der Waals surface area contributed by atoms with Crippen LogP contribution in [0.5, 0.6) is 11.5 Å². The minimum absolute atomic E-state index is 0.124. The Kier molecular flexibility index (Phi) is 9.31. The van der Waals surface area contributed by atoms with Crippen LogP contribution in [0.2, 0.25) is 0 Å². The van der Waals surface area contributed by atoms with Crippen LogP contribution in [-0.4, -0.2) is 46.6 Å². The molecule has 0 radical (unpaired) electrons. The van der Waals surface area contributed by atoms with Gasteiger partial charge in [0.15, 0.2) is 22.5 Å². The van der Waals surface area contributed by atoms with E-state index in [0.717, 1.165) is 16.8 Å². The molecule has 2 N–H and O–H groups in total. The Balaban J connectivity index is 1.53. The number of carbonyl (C=O) groups excluding carboxylic acids is 2. The maximum absolute atomic E-state index is 12.3. The van der Waals surface area contributed by atoms with E-state index in [1.54, 1.807) is 32.4 Å². The molecule has 0 atom stereocenters. The smallest absolute Gasteiger partial charge is 0.244 e. The van der Waals surface area contributed by atoms with E-state index in [-0.39, 0.29) is 24.1 Å². The Morgan fingerprint density at radius 2 is 1.89 bits per heavy atom. The largest absolute Gasteiger partial charge is 0.493 e. The molecule has 0 bridgehead atoms. The molecule has 3 rings (SSSR count). The Bertz CT molecular complexity index is 1210. The summed E-state index contributed by atoms with van der Waals surface area (Å²) in [5.41, 5.74) is 2.64. The van der Waals surface area contributed by atoms with E-state index in [0.29, 0.717) is 29.0 Å². The number of ether oxygens (including phenoxy) is 2. The molecule has 10 heteroatoms. The van der Waals surface area contributed by atoms with Crippen LogP contribution in [0.15, 0.2) is 53.7 Å². The van der Waals surface area contributed by atoms with Gasteiger partial charge in [-0.3, -0.25) is 9.59 Å². The molecule has 0 fully saturated rings. The summed E-state index contributed by atoms with van der Waals surface area (Å²) in [6.07, 6.45) is 3.13. The van der Waals surface area contributed by atoms with Gasteiger partial charge in [0.2, 0.25) is 11.8 Å². The van der Waals surface area contributed by atoms with E-state index < -0.39 is 0 Å². The summed E-state index contributed by atoms with van der Waals surface area (Å²) < 4.78 is 12.4. The van der Waals surface area contributed by atoms with Crippen LogP contribution < -0.4 is 20.1 Å². The number of anilines is 1. The highest BCUT2D eigenvalue weighted by molar-refractivity contribution is 7.99. The third-order valence-electron chi connectivity index (χ3n) is 5.00. The lowest BCUT2D eigenvalue weighted by atomic mass is 10.2. The predicted octanol–water partition coefficient (Wildman–Crippen LogP) is 3.68. The molecule has 35 heavy (non-hydrogen) atoms. The van der Waals surface area contributed by atoms with Gasteiger partial charge in [0, 0.05) is 18.3 Å². The predicted molar refractivity (Wildman–Crippen MR) is 137 cm³/mol. The van der Waals surface area contributed by atoms with Crippen LogP contribution in [-0.2, 0) is 22.7 Å². The summed E-state index contributed by atoms with van der Waals surface area (Å²) in [5.74, 6) is 1.63. The van der Waals surface area contributed by atoms with Crippen molar-refractivity contribution in [2.24, 2.45) is 0 Å². The first-order valence-electron chi connectivity index (χ1n) is 11.0. The van der Waals surface area contributed by atoms with Crippen molar-refractivity contribution in [2.45, 2.75) is 32.1 Å². The van der Waals surface area contributed by atoms with Crippen LogP contribution in [0.1, 0.15) is 23.9 Å².